The molecule has 0 bridgehead atoms. The number of thiazole rings is 1. The summed E-state index contributed by atoms with van der Waals surface area (Å²) in [7, 11) is 0. The smallest absolute Gasteiger partial charge is 0.250 e. The fourth-order valence-electron chi connectivity index (χ4n) is 2.67. The van der Waals surface area contributed by atoms with Crippen molar-refractivity contribution in [3.63, 3.8) is 0 Å². The SMILES string of the molecule is CCOc1ccc(Br)cc1/C=C/C(=O)Nc1nc2c(C)cc(C)cc2s1. The van der Waals surface area contributed by atoms with E-state index in [0.717, 1.165) is 31.6 Å². The summed E-state index contributed by atoms with van der Waals surface area (Å²) in [6.07, 6.45) is 3.24. The van der Waals surface area contributed by atoms with Gasteiger partial charge in [-0.05, 0) is 62.2 Å². The Balaban J connectivity index is 1.78. The molecule has 134 valence electrons. The van der Waals surface area contributed by atoms with E-state index in [-0.39, 0.29) is 5.91 Å². The van der Waals surface area contributed by atoms with Gasteiger partial charge in [0, 0.05) is 16.1 Å². The average Bonchev–Trinajstić information content (AvgIpc) is 2.97. The molecule has 0 atom stereocenters. The first kappa shape index (κ1) is 18.6. The average molecular weight is 431 g/mol. The monoisotopic (exact) mass is 430 g/mol. The highest BCUT2D eigenvalue weighted by molar-refractivity contribution is 9.10. The van der Waals surface area contributed by atoms with Crippen LogP contribution in [0, 0.1) is 13.8 Å². The predicted molar refractivity (Wildman–Crippen MR) is 112 cm³/mol. The van der Waals surface area contributed by atoms with E-state index in [1.165, 1.54) is 23.0 Å². The molecular weight excluding hydrogens is 412 g/mol. The van der Waals surface area contributed by atoms with E-state index in [4.69, 9.17) is 4.74 Å². The van der Waals surface area contributed by atoms with E-state index >= 15 is 0 Å². The van der Waals surface area contributed by atoms with Gasteiger partial charge in [0.15, 0.2) is 5.13 Å². The second-order valence-electron chi connectivity index (χ2n) is 5.89. The van der Waals surface area contributed by atoms with Gasteiger partial charge in [0.1, 0.15) is 5.75 Å². The number of nitrogens with one attached hydrogen (secondary N) is 1. The van der Waals surface area contributed by atoms with E-state index in [0.29, 0.717) is 11.7 Å². The largest absolute Gasteiger partial charge is 0.493 e. The molecular formula is C20H19BrN2O2S. The van der Waals surface area contributed by atoms with Gasteiger partial charge in [-0.15, -0.1) is 0 Å². The van der Waals surface area contributed by atoms with Gasteiger partial charge in [-0.1, -0.05) is 33.3 Å². The number of fused-ring (bicyclic) bond motifs is 1. The van der Waals surface area contributed by atoms with Crippen LogP contribution in [0.4, 0.5) is 5.13 Å². The van der Waals surface area contributed by atoms with Crippen molar-refractivity contribution in [3.05, 3.63) is 57.6 Å². The molecule has 3 rings (SSSR count). The van der Waals surface area contributed by atoms with E-state index < -0.39 is 0 Å². The Labute approximate surface area is 165 Å². The number of halogens is 1. The molecule has 1 N–H and O–H groups in total. The first-order chi connectivity index (χ1) is 12.5. The molecule has 0 unspecified atom stereocenters. The highest BCUT2D eigenvalue weighted by Gasteiger charge is 2.09. The Kier molecular flexibility index (Phi) is 5.74. The first-order valence-electron chi connectivity index (χ1n) is 8.25. The summed E-state index contributed by atoms with van der Waals surface area (Å²) >= 11 is 4.92. The Morgan fingerprint density at radius 1 is 1.31 bits per heavy atom. The van der Waals surface area contributed by atoms with Crippen molar-refractivity contribution in [3.8, 4) is 5.75 Å². The summed E-state index contributed by atoms with van der Waals surface area (Å²) in [5.74, 6) is 0.520. The van der Waals surface area contributed by atoms with E-state index in [2.05, 4.69) is 45.3 Å². The Morgan fingerprint density at radius 3 is 2.88 bits per heavy atom. The number of anilines is 1. The van der Waals surface area contributed by atoms with Crippen LogP contribution in [0.2, 0.25) is 0 Å². The molecule has 2 aromatic carbocycles. The number of aromatic nitrogens is 1. The maximum Gasteiger partial charge on any atom is 0.250 e. The Hall–Kier alpha value is -2.18. The maximum atomic E-state index is 12.3. The number of aryl methyl sites for hydroxylation is 2. The molecule has 0 saturated heterocycles. The normalized spacial score (nSPS) is 11.2. The lowest BCUT2D eigenvalue weighted by Crippen LogP contribution is -2.07. The van der Waals surface area contributed by atoms with Crippen LogP contribution >= 0.6 is 27.3 Å². The van der Waals surface area contributed by atoms with Crippen molar-refractivity contribution < 1.29 is 9.53 Å². The van der Waals surface area contributed by atoms with Crippen molar-refractivity contribution in [2.75, 3.05) is 11.9 Å². The van der Waals surface area contributed by atoms with Crippen LogP contribution in [-0.4, -0.2) is 17.5 Å². The number of hydrogen-bond acceptors (Lipinski definition) is 4. The summed E-state index contributed by atoms with van der Waals surface area (Å²) in [5, 5.41) is 3.44. The second kappa shape index (κ2) is 8.01. The molecule has 0 spiro atoms. The van der Waals surface area contributed by atoms with Crippen LogP contribution in [0.5, 0.6) is 5.75 Å². The third-order valence-corrected chi connectivity index (χ3v) is 5.16. The molecule has 1 amide bonds. The molecule has 6 heteroatoms. The highest BCUT2D eigenvalue weighted by atomic mass is 79.9. The van der Waals surface area contributed by atoms with Crippen molar-refractivity contribution in [1.82, 2.24) is 4.98 Å². The van der Waals surface area contributed by atoms with Crippen molar-refractivity contribution in [1.29, 1.82) is 0 Å². The lowest BCUT2D eigenvalue weighted by Gasteiger charge is -2.07. The zero-order valence-corrected chi connectivity index (χ0v) is 17.2. The number of ether oxygens (including phenoxy) is 1. The Bertz CT molecular complexity index is 995. The number of hydrogen-bond donors (Lipinski definition) is 1. The standard InChI is InChI=1S/C20H19BrN2O2S/c1-4-25-16-7-6-15(21)11-14(16)5-8-18(24)22-20-23-19-13(3)9-12(2)10-17(19)26-20/h5-11H,4H2,1-3H3,(H,22,23,24)/b8-5+. The number of carbonyl (C=O) groups excluding carboxylic acids is 1. The maximum absolute atomic E-state index is 12.3. The van der Waals surface area contributed by atoms with E-state index in [1.54, 1.807) is 6.08 Å². The molecule has 0 aliphatic carbocycles. The highest BCUT2D eigenvalue weighted by Crippen LogP contribution is 2.29. The molecule has 0 fully saturated rings. The molecule has 1 heterocycles. The number of amides is 1. The lowest BCUT2D eigenvalue weighted by atomic mass is 10.1. The van der Waals surface area contributed by atoms with Gasteiger partial charge in [-0.2, -0.15) is 0 Å². The van der Waals surface area contributed by atoms with Crippen LogP contribution in [-0.2, 0) is 4.79 Å². The van der Waals surface area contributed by atoms with Gasteiger partial charge in [0.05, 0.1) is 16.8 Å². The summed E-state index contributed by atoms with van der Waals surface area (Å²) in [6.45, 7) is 6.59. The van der Waals surface area contributed by atoms with Crippen LogP contribution in [0.1, 0.15) is 23.6 Å². The second-order valence-corrected chi connectivity index (χ2v) is 7.83. The fraction of sp³-hybridized carbons (Fsp3) is 0.200. The van der Waals surface area contributed by atoms with E-state index in [9.17, 15) is 4.79 Å². The van der Waals surface area contributed by atoms with Crippen molar-refractivity contribution >= 4 is 54.6 Å². The van der Waals surface area contributed by atoms with Crippen LogP contribution < -0.4 is 10.1 Å². The quantitative estimate of drug-likeness (QED) is 0.526. The summed E-state index contributed by atoms with van der Waals surface area (Å²) < 4.78 is 7.60. The van der Waals surface area contributed by atoms with Crippen LogP contribution in [0.15, 0.2) is 40.9 Å². The molecule has 0 aliphatic heterocycles. The third kappa shape index (κ3) is 4.31. The molecule has 0 aliphatic rings. The van der Waals surface area contributed by atoms with Gasteiger partial charge in [-0.25, -0.2) is 4.98 Å². The van der Waals surface area contributed by atoms with Crippen molar-refractivity contribution in [2.24, 2.45) is 0 Å². The molecule has 26 heavy (non-hydrogen) atoms. The minimum absolute atomic E-state index is 0.221. The minimum atomic E-state index is -0.221. The Morgan fingerprint density at radius 2 is 2.12 bits per heavy atom. The van der Waals surface area contributed by atoms with Crippen LogP contribution in [0.25, 0.3) is 16.3 Å². The number of benzene rings is 2. The third-order valence-electron chi connectivity index (χ3n) is 3.75. The van der Waals surface area contributed by atoms with Gasteiger partial charge in [0.2, 0.25) is 5.91 Å². The predicted octanol–water partition coefficient (Wildman–Crippen LogP) is 5.73. The molecule has 0 radical (unpaired) electrons. The molecule has 3 aromatic rings. The topological polar surface area (TPSA) is 51.2 Å². The zero-order chi connectivity index (χ0) is 18.7. The van der Waals surface area contributed by atoms with Gasteiger partial charge in [0.25, 0.3) is 0 Å². The number of nitrogens with zero attached hydrogens (tertiary/aromatic N) is 1. The first-order valence-corrected chi connectivity index (χ1v) is 9.86. The van der Waals surface area contributed by atoms with Crippen LogP contribution in [0.3, 0.4) is 0 Å². The number of rotatable bonds is 5. The van der Waals surface area contributed by atoms with E-state index in [1.807, 2.05) is 32.0 Å². The number of carbonyl (C=O) groups is 1. The zero-order valence-electron chi connectivity index (χ0n) is 14.8. The molecule has 0 saturated carbocycles. The minimum Gasteiger partial charge on any atom is -0.493 e. The summed E-state index contributed by atoms with van der Waals surface area (Å²) in [5.41, 5.74) is 4.08. The summed E-state index contributed by atoms with van der Waals surface area (Å²) in [4.78, 5) is 16.8. The van der Waals surface area contributed by atoms with Gasteiger partial charge in [-0.3, -0.25) is 10.1 Å². The van der Waals surface area contributed by atoms with Gasteiger partial charge >= 0.3 is 0 Å². The van der Waals surface area contributed by atoms with Crippen molar-refractivity contribution in [2.45, 2.75) is 20.8 Å². The lowest BCUT2D eigenvalue weighted by molar-refractivity contribution is -0.111. The summed E-state index contributed by atoms with van der Waals surface area (Å²) in [6, 6.07) is 9.88. The molecule has 1 aromatic heterocycles. The van der Waals surface area contributed by atoms with Gasteiger partial charge < -0.3 is 4.74 Å². The molecule has 4 nitrogen and oxygen atoms in total. The fourth-order valence-corrected chi connectivity index (χ4v) is 4.10.